The van der Waals surface area contributed by atoms with Crippen molar-refractivity contribution in [3.05, 3.63) is 72.8 Å². The van der Waals surface area contributed by atoms with Gasteiger partial charge in [0.25, 0.3) is 0 Å². The molecule has 4 rings (SSSR count). The number of carbonyl (C=O) groups is 2. The lowest BCUT2D eigenvalue weighted by atomic mass is 10.0. The average molecular weight is 468 g/mol. The summed E-state index contributed by atoms with van der Waals surface area (Å²) in [5.41, 5.74) is 1.67. The quantitative estimate of drug-likeness (QED) is 0.584. The minimum absolute atomic E-state index is 0.0835. The van der Waals surface area contributed by atoms with Crippen LogP contribution >= 0.6 is 0 Å². The molecule has 2 amide bonds. The van der Waals surface area contributed by atoms with Crippen molar-refractivity contribution in [3.63, 3.8) is 0 Å². The van der Waals surface area contributed by atoms with Crippen molar-refractivity contribution in [2.75, 3.05) is 18.4 Å². The fraction of sp³-hybridized carbons (Fsp3) is 0.360. The van der Waals surface area contributed by atoms with Gasteiger partial charge in [0.2, 0.25) is 21.8 Å². The van der Waals surface area contributed by atoms with E-state index < -0.39 is 10.0 Å². The first kappa shape index (κ1) is 23.2. The second-order valence-electron chi connectivity index (χ2n) is 8.78. The van der Waals surface area contributed by atoms with Gasteiger partial charge in [-0.3, -0.25) is 9.59 Å². The number of benzene rings is 2. The van der Waals surface area contributed by atoms with Gasteiger partial charge in [-0.2, -0.15) is 4.31 Å². The van der Waals surface area contributed by atoms with Crippen LogP contribution in [0.3, 0.4) is 0 Å². The summed E-state index contributed by atoms with van der Waals surface area (Å²) in [5, 5.41) is 5.75. The van der Waals surface area contributed by atoms with Crippen molar-refractivity contribution in [3.8, 4) is 0 Å². The first-order valence-corrected chi connectivity index (χ1v) is 12.7. The highest BCUT2D eigenvalue weighted by Crippen LogP contribution is 2.40. The molecule has 1 saturated carbocycles. The molecule has 2 unspecified atom stereocenters. The molecule has 0 spiro atoms. The number of amides is 2. The Labute approximate surface area is 194 Å². The van der Waals surface area contributed by atoms with E-state index in [1.165, 1.54) is 6.08 Å². The van der Waals surface area contributed by atoms with Crippen LogP contribution in [0.1, 0.15) is 24.8 Å². The Morgan fingerprint density at radius 2 is 1.64 bits per heavy atom. The van der Waals surface area contributed by atoms with Crippen molar-refractivity contribution in [2.24, 2.45) is 11.8 Å². The van der Waals surface area contributed by atoms with Gasteiger partial charge in [-0.1, -0.05) is 36.9 Å². The van der Waals surface area contributed by atoms with Crippen LogP contribution in [-0.4, -0.2) is 43.7 Å². The molecule has 33 heavy (non-hydrogen) atoms. The number of anilines is 1. The minimum Gasteiger partial charge on any atom is -0.350 e. The summed E-state index contributed by atoms with van der Waals surface area (Å²) >= 11 is 0. The molecule has 1 aliphatic carbocycles. The Morgan fingerprint density at radius 1 is 1.00 bits per heavy atom. The van der Waals surface area contributed by atoms with Gasteiger partial charge >= 0.3 is 0 Å². The molecule has 0 radical (unpaired) electrons. The summed E-state index contributed by atoms with van der Waals surface area (Å²) in [4.78, 5) is 24.0. The van der Waals surface area contributed by atoms with E-state index in [2.05, 4.69) is 17.2 Å². The lowest BCUT2D eigenvalue weighted by Crippen LogP contribution is -2.35. The van der Waals surface area contributed by atoms with E-state index in [9.17, 15) is 18.0 Å². The fourth-order valence-corrected chi connectivity index (χ4v) is 6.37. The SMILES string of the molecule is C=CC(=O)NC1CC2CN(S(=O)(=O)c3ccc(NC(=O)CCc4ccccc4)cc3)CC2C1. The Hall–Kier alpha value is -2.97. The van der Waals surface area contributed by atoms with Gasteiger partial charge in [-0.15, -0.1) is 0 Å². The van der Waals surface area contributed by atoms with Crippen LogP contribution in [0, 0.1) is 11.8 Å². The fourth-order valence-electron chi connectivity index (χ4n) is 4.82. The summed E-state index contributed by atoms with van der Waals surface area (Å²) < 4.78 is 27.8. The van der Waals surface area contributed by atoms with Crippen molar-refractivity contribution >= 4 is 27.5 Å². The van der Waals surface area contributed by atoms with Crippen molar-refractivity contribution in [2.45, 2.75) is 36.6 Å². The lowest BCUT2D eigenvalue weighted by Gasteiger charge is -2.19. The molecule has 1 heterocycles. The number of hydrogen-bond acceptors (Lipinski definition) is 4. The van der Waals surface area contributed by atoms with Gasteiger partial charge in [-0.05, 0) is 67.0 Å². The van der Waals surface area contributed by atoms with E-state index in [1.54, 1.807) is 28.6 Å². The summed E-state index contributed by atoms with van der Waals surface area (Å²) in [6.07, 6.45) is 3.83. The van der Waals surface area contributed by atoms with E-state index in [1.807, 2.05) is 30.3 Å². The zero-order valence-corrected chi connectivity index (χ0v) is 19.3. The third-order valence-corrected chi connectivity index (χ3v) is 8.35. The molecular formula is C25H29N3O4S. The molecule has 7 nitrogen and oxygen atoms in total. The predicted octanol–water partition coefficient (Wildman–Crippen LogP) is 2.96. The van der Waals surface area contributed by atoms with E-state index in [-0.39, 0.29) is 34.6 Å². The Morgan fingerprint density at radius 3 is 2.24 bits per heavy atom. The topological polar surface area (TPSA) is 95.6 Å². The smallest absolute Gasteiger partial charge is 0.243 e. The van der Waals surface area contributed by atoms with Crippen molar-refractivity contribution in [1.29, 1.82) is 0 Å². The number of aryl methyl sites for hydroxylation is 1. The molecule has 8 heteroatoms. The van der Waals surface area contributed by atoms with Crippen LogP contribution in [0.2, 0.25) is 0 Å². The highest BCUT2D eigenvalue weighted by molar-refractivity contribution is 7.89. The van der Waals surface area contributed by atoms with Crippen LogP contribution < -0.4 is 10.6 Å². The van der Waals surface area contributed by atoms with E-state index in [4.69, 9.17) is 0 Å². The lowest BCUT2D eigenvalue weighted by molar-refractivity contribution is -0.117. The largest absolute Gasteiger partial charge is 0.350 e. The molecule has 1 aliphatic heterocycles. The second-order valence-corrected chi connectivity index (χ2v) is 10.7. The van der Waals surface area contributed by atoms with Gasteiger partial charge in [0.1, 0.15) is 0 Å². The molecule has 2 aromatic rings. The predicted molar refractivity (Wildman–Crippen MR) is 127 cm³/mol. The molecule has 2 aliphatic rings. The molecule has 174 valence electrons. The highest BCUT2D eigenvalue weighted by Gasteiger charge is 2.45. The van der Waals surface area contributed by atoms with Crippen LogP contribution in [0.4, 0.5) is 5.69 Å². The maximum absolute atomic E-state index is 13.1. The Bertz CT molecular complexity index is 1100. The second kappa shape index (κ2) is 9.89. The molecular weight excluding hydrogens is 438 g/mol. The monoisotopic (exact) mass is 467 g/mol. The number of fused-ring (bicyclic) bond motifs is 1. The van der Waals surface area contributed by atoms with Gasteiger partial charge in [0, 0.05) is 31.2 Å². The number of rotatable bonds is 8. The van der Waals surface area contributed by atoms with Crippen LogP contribution in [-0.2, 0) is 26.0 Å². The highest BCUT2D eigenvalue weighted by atomic mass is 32.2. The minimum atomic E-state index is -3.60. The Kier molecular flexibility index (Phi) is 6.95. The first-order chi connectivity index (χ1) is 15.8. The molecule has 2 N–H and O–H groups in total. The van der Waals surface area contributed by atoms with Crippen molar-refractivity contribution in [1.82, 2.24) is 9.62 Å². The van der Waals surface area contributed by atoms with E-state index in [0.29, 0.717) is 31.6 Å². The molecule has 1 saturated heterocycles. The van der Waals surface area contributed by atoms with Crippen LogP contribution in [0.25, 0.3) is 0 Å². The number of carbonyl (C=O) groups excluding carboxylic acids is 2. The van der Waals surface area contributed by atoms with Crippen LogP contribution in [0.15, 0.2) is 72.1 Å². The number of sulfonamides is 1. The number of nitrogens with one attached hydrogen (secondary N) is 2. The molecule has 2 atom stereocenters. The molecule has 0 aromatic heterocycles. The summed E-state index contributed by atoms with van der Waals surface area (Å²) in [6, 6.07) is 16.2. The third-order valence-electron chi connectivity index (χ3n) is 6.51. The maximum atomic E-state index is 13.1. The molecule has 0 bridgehead atoms. The number of nitrogens with zero attached hydrogens (tertiary/aromatic N) is 1. The van der Waals surface area contributed by atoms with E-state index in [0.717, 1.165) is 18.4 Å². The van der Waals surface area contributed by atoms with Gasteiger partial charge in [0.15, 0.2) is 0 Å². The van der Waals surface area contributed by atoms with Gasteiger partial charge in [-0.25, -0.2) is 8.42 Å². The number of hydrogen-bond donors (Lipinski definition) is 2. The summed E-state index contributed by atoms with van der Waals surface area (Å²) in [7, 11) is -3.60. The molecule has 2 fully saturated rings. The van der Waals surface area contributed by atoms with Gasteiger partial charge in [0.05, 0.1) is 4.90 Å². The van der Waals surface area contributed by atoms with Crippen molar-refractivity contribution < 1.29 is 18.0 Å². The zero-order chi connectivity index (χ0) is 23.4. The zero-order valence-electron chi connectivity index (χ0n) is 18.4. The normalized spacial score (nSPS) is 22.5. The Balaban J connectivity index is 1.31. The molecule has 2 aromatic carbocycles. The first-order valence-electron chi connectivity index (χ1n) is 11.2. The summed E-state index contributed by atoms with van der Waals surface area (Å²) in [5.74, 6) is 0.202. The van der Waals surface area contributed by atoms with Gasteiger partial charge < -0.3 is 10.6 Å². The maximum Gasteiger partial charge on any atom is 0.243 e. The standard InChI is InChI=1S/C25H29N3O4S/c1-2-24(29)27-22-14-19-16-28(17-20(19)15-22)33(31,32)23-11-9-21(10-12-23)26-25(30)13-8-18-6-4-3-5-7-18/h2-7,9-12,19-20,22H,1,8,13-17H2,(H,26,30)(H,27,29). The third kappa shape index (κ3) is 5.51. The van der Waals surface area contributed by atoms with E-state index >= 15 is 0 Å². The van der Waals surface area contributed by atoms with Crippen LogP contribution in [0.5, 0.6) is 0 Å². The summed E-state index contributed by atoms with van der Waals surface area (Å²) in [6.45, 7) is 4.40. The average Bonchev–Trinajstić information content (AvgIpc) is 3.38.